The Morgan fingerprint density at radius 3 is 2.68 bits per heavy atom. The van der Waals surface area contributed by atoms with Crippen LogP contribution in [0.1, 0.15) is 48.8 Å². The van der Waals surface area contributed by atoms with Crippen molar-refractivity contribution in [2.24, 2.45) is 5.92 Å². The van der Waals surface area contributed by atoms with Gasteiger partial charge in [0.15, 0.2) is 5.69 Å². The summed E-state index contributed by atoms with van der Waals surface area (Å²) in [7, 11) is 0. The molecule has 0 bridgehead atoms. The van der Waals surface area contributed by atoms with Gasteiger partial charge in [-0.3, -0.25) is 9.48 Å². The van der Waals surface area contributed by atoms with Crippen molar-refractivity contribution in [1.82, 2.24) is 14.7 Å². The lowest BCUT2D eigenvalue weighted by Gasteiger charge is -2.29. The molecule has 0 aliphatic carbocycles. The quantitative estimate of drug-likeness (QED) is 0.796. The first-order valence-corrected chi connectivity index (χ1v) is 8.00. The van der Waals surface area contributed by atoms with Crippen molar-refractivity contribution in [1.29, 1.82) is 0 Å². The van der Waals surface area contributed by atoms with Crippen molar-refractivity contribution in [2.45, 2.75) is 45.6 Å². The van der Waals surface area contributed by atoms with Crippen LogP contribution in [-0.4, -0.2) is 33.7 Å². The number of rotatable bonds is 1. The molecule has 1 saturated heterocycles. The van der Waals surface area contributed by atoms with Gasteiger partial charge in [0.25, 0.3) is 5.91 Å². The summed E-state index contributed by atoms with van der Waals surface area (Å²) in [4.78, 5) is 14.5. The number of nitrogens with zero attached hydrogens (tertiary/aromatic N) is 3. The van der Waals surface area contributed by atoms with Gasteiger partial charge in [-0.25, -0.2) is 0 Å². The Balaban J connectivity index is 1.82. The number of aryl methyl sites for hydroxylation is 1. The topological polar surface area (TPSA) is 38.1 Å². The van der Waals surface area contributed by atoms with E-state index in [4.69, 9.17) is 0 Å². The predicted octanol–water partition coefficient (Wildman–Crippen LogP) is 2.85. The fourth-order valence-electron chi connectivity index (χ4n) is 2.95. The van der Waals surface area contributed by atoms with Crippen molar-refractivity contribution in [3.63, 3.8) is 0 Å². The van der Waals surface area contributed by atoms with Crippen molar-refractivity contribution in [3.05, 3.63) is 15.9 Å². The summed E-state index contributed by atoms with van der Waals surface area (Å²) in [6, 6.07) is 0. The fourth-order valence-corrected chi connectivity index (χ4v) is 3.60. The highest BCUT2D eigenvalue weighted by molar-refractivity contribution is 9.10. The van der Waals surface area contributed by atoms with E-state index in [1.54, 1.807) is 0 Å². The minimum absolute atomic E-state index is 0.0978. The zero-order chi connectivity index (χ0) is 13.4. The van der Waals surface area contributed by atoms with Crippen molar-refractivity contribution >= 4 is 21.8 Å². The second kappa shape index (κ2) is 5.27. The van der Waals surface area contributed by atoms with Crippen LogP contribution in [0.4, 0.5) is 0 Å². The van der Waals surface area contributed by atoms with Crippen LogP contribution in [0, 0.1) is 5.92 Å². The highest BCUT2D eigenvalue weighted by Gasteiger charge is 2.28. The number of hydrogen-bond acceptors (Lipinski definition) is 2. The van der Waals surface area contributed by atoms with E-state index in [9.17, 15) is 4.79 Å². The lowest BCUT2D eigenvalue weighted by Crippen LogP contribution is -2.38. The van der Waals surface area contributed by atoms with Crippen LogP contribution in [0.25, 0.3) is 0 Å². The van der Waals surface area contributed by atoms with Gasteiger partial charge in [0.1, 0.15) is 0 Å². The standard InChI is InChI=1S/C14H20BrN3O/c1-10-5-8-17(9-6-10)14(19)13-12(15)11-4-2-3-7-18(11)16-13/h10H,2-9H2,1H3. The number of aromatic nitrogens is 2. The average molecular weight is 326 g/mol. The maximum absolute atomic E-state index is 12.6. The van der Waals surface area contributed by atoms with Crippen molar-refractivity contribution < 1.29 is 4.79 Å². The first-order chi connectivity index (χ1) is 9.16. The fraction of sp³-hybridized carbons (Fsp3) is 0.714. The third-order valence-electron chi connectivity index (χ3n) is 4.30. The van der Waals surface area contributed by atoms with E-state index >= 15 is 0 Å². The number of fused-ring (bicyclic) bond motifs is 1. The maximum atomic E-state index is 12.6. The van der Waals surface area contributed by atoms with E-state index in [-0.39, 0.29) is 5.91 Å². The molecule has 1 aromatic heterocycles. The van der Waals surface area contributed by atoms with E-state index in [1.165, 1.54) is 12.1 Å². The third kappa shape index (κ3) is 2.45. The van der Waals surface area contributed by atoms with E-state index < -0.39 is 0 Å². The van der Waals surface area contributed by atoms with Crippen molar-refractivity contribution in [2.75, 3.05) is 13.1 Å². The Labute approximate surface area is 122 Å². The molecule has 104 valence electrons. The van der Waals surface area contributed by atoms with Gasteiger partial charge in [0.2, 0.25) is 0 Å². The molecule has 5 heteroatoms. The molecule has 2 aliphatic rings. The lowest BCUT2D eigenvalue weighted by atomic mass is 9.99. The minimum Gasteiger partial charge on any atom is -0.337 e. The zero-order valence-corrected chi connectivity index (χ0v) is 12.9. The smallest absolute Gasteiger partial charge is 0.275 e. The molecule has 1 amide bonds. The summed E-state index contributed by atoms with van der Waals surface area (Å²) in [6.07, 6.45) is 5.60. The molecule has 1 fully saturated rings. The third-order valence-corrected chi connectivity index (χ3v) is 5.13. The number of amides is 1. The number of carbonyl (C=O) groups excluding carboxylic acids is 1. The zero-order valence-electron chi connectivity index (χ0n) is 11.4. The SMILES string of the molecule is CC1CCN(C(=O)c2nn3c(c2Br)CCCC3)CC1. The van der Waals surface area contributed by atoms with E-state index in [2.05, 4.69) is 28.0 Å². The first kappa shape index (κ1) is 13.2. The molecular weight excluding hydrogens is 306 g/mol. The molecule has 0 spiro atoms. The van der Waals surface area contributed by atoms with Gasteiger partial charge in [0, 0.05) is 19.6 Å². The van der Waals surface area contributed by atoms with Gasteiger partial charge >= 0.3 is 0 Å². The molecule has 0 atom stereocenters. The number of likely N-dealkylation sites (tertiary alicyclic amines) is 1. The summed E-state index contributed by atoms with van der Waals surface area (Å²) >= 11 is 3.59. The molecule has 0 radical (unpaired) electrons. The van der Waals surface area contributed by atoms with E-state index in [0.29, 0.717) is 5.69 Å². The van der Waals surface area contributed by atoms with Gasteiger partial charge in [0.05, 0.1) is 10.2 Å². The normalized spacial score (nSPS) is 20.4. The van der Waals surface area contributed by atoms with Crippen molar-refractivity contribution in [3.8, 4) is 0 Å². The Bertz CT molecular complexity index is 489. The Morgan fingerprint density at radius 1 is 1.26 bits per heavy atom. The van der Waals surface area contributed by atoms with Gasteiger partial charge in [-0.15, -0.1) is 0 Å². The Kier molecular flexibility index (Phi) is 3.65. The number of carbonyl (C=O) groups is 1. The molecular formula is C14H20BrN3O. The summed E-state index contributed by atoms with van der Waals surface area (Å²) in [5.74, 6) is 0.836. The van der Waals surface area contributed by atoms with Crippen LogP contribution in [0.2, 0.25) is 0 Å². The van der Waals surface area contributed by atoms with Gasteiger partial charge in [-0.2, -0.15) is 5.10 Å². The highest BCUT2D eigenvalue weighted by atomic mass is 79.9. The van der Waals surface area contributed by atoms with Crippen LogP contribution in [-0.2, 0) is 13.0 Å². The van der Waals surface area contributed by atoms with Crippen LogP contribution < -0.4 is 0 Å². The number of hydrogen-bond donors (Lipinski definition) is 0. The number of piperidine rings is 1. The molecule has 0 N–H and O–H groups in total. The van der Waals surface area contributed by atoms with E-state index in [0.717, 1.165) is 55.7 Å². The molecule has 4 nitrogen and oxygen atoms in total. The lowest BCUT2D eigenvalue weighted by molar-refractivity contribution is 0.0689. The van der Waals surface area contributed by atoms with Crippen LogP contribution in [0.15, 0.2) is 4.47 Å². The van der Waals surface area contributed by atoms with E-state index in [1.807, 2.05) is 9.58 Å². The Hall–Kier alpha value is -0.840. The largest absolute Gasteiger partial charge is 0.337 e. The number of halogens is 1. The predicted molar refractivity (Wildman–Crippen MR) is 77.2 cm³/mol. The highest BCUT2D eigenvalue weighted by Crippen LogP contribution is 2.28. The summed E-state index contributed by atoms with van der Waals surface area (Å²) < 4.78 is 2.93. The van der Waals surface area contributed by atoms with Gasteiger partial charge in [-0.05, 0) is 54.0 Å². The molecule has 0 aromatic carbocycles. The summed E-state index contributed by atoms with van der Waals surface area (Å²) in [6.45, 7) is 4.94. The summed E-state index contributed by atoms with van der Waals surface area (Å²) in [5, 5.41) is 4.52. The molecule has 19 heavy (non-hydrogen) atoms. The minimum atomic E-state index is 0.0978. The molecule has 1 aromatic rings. The van der Waals surface area contributed by atoms with Gasteiger partial charge < -0.3 is 4.90 Å². The van der Waals surface area contributed by atoms with Crippen LogP contribution in [0.3, 0.4) is 0 Å². The van der Waals surface area contributed by atoms with Gasteiger partial charge in [-0.1, -0.05) is 6.92 Å². The molecule has 0 unspecified atom stereocenters. The average Bonchev–Trinajstić information content (AvgIpc) is 2.77. The molecule has 3 heterocycles. The monoisotopic (exact) mass is 325 g/mol. The van der Waals surface area contributed by atoms with Crippen LogP contribution in [0.5, 0.6) is 0 Å². The molecule has 0 saturated carbocycles. The first-order valence-electron chi connectivity index (χ1n) is 7.21. The Morgan fingerprint density at radius 2 is 2.00 bits per heavy atom. The van der Waals surface area contributed by atoms with Crippen LogP contribution >= 0.6 is 15.9 Å². The molecule has 3 rings (SSSR count). The molecule has 2 aliphatic heterocycles. The summed E-state index contributed by atoms with van der Waals surface area (Å²) in [5.41, 5.74) is 1.81. The maximum Gasteiger partial charge on any atom is 0.275 e. The second-order valence-corrected chi connectivity index (χ2v) is 6.56. The second-order valence-electron chi connectivity index (χ2n) is 5.76.